The van der Waals surface area contributed by atoms with Gasteiger partial charge in [0.15, 0.2) is 0 Å². The lowest BCUT2D eigenvalue weighted by Crippen LogP contribution is -2.14. The maximum atomic E-state index is 12.7. The van der Waals surface area contributed by atoms with Gasteiger partial charge in [0.25, 0.3) is 5.91 Å². The predicted octanol–water partition coefficient (Wildman–Crippen LogP) is 4.81. The first kappa shape index (κ1) is 18.2. The molecule has 140 valence electrons. The van der Waals surface area contributed by atoms with Gasteiger partial charge in [-0.1, -0.05) is 17.7 Å². The van der Waals surface area contributed by atoms with E-state index in [1.807, 2.05) is 5.38 Å². The number of carbonyl (C=O) groups is 1. The fourth-order valence-corrected chi connectivity index (χ4v) is 3.42. The van der Waals surface area contributed by atoms with E-state index in [0.29, 0.717) is 34.3 Å². The monoisotopic (exact) mass is 410 g/mol. The molecule has 0 bridgehead atoms. The van der Waals surface area contributed by atoms with Crippen molar-refractivity contribution in [3.63, 3.8) is 0 Å². The van der Waals surface area contributed by atoms with Crippen LogP contribution in [0.25, 0.3) is 5.69 Å². The number of ether oxygens (including phenoxy) is 1. The average Bonchev–Trinajstić information content (AvgIpc) is 3.41. The van der Waals surface area contributed by atoms with Gasteiger partial charge in [0.05, 0.1) is 21.9 Å². The third-order valence-corrected chi connectivity index (χ3v) is 4.90. The topological polar surface area (TPSA) is 69.0 Å². The lowest BCUT2D eigenvalue weighted by Gasteiger charge is -2.13. The van der Waals surface area contributed by atoms with Crippen LogP contribution >= 0.6 is 22.9 Å². The highest BCUT2D eigenvalue weighted by Crippen LogP contribution is 2.28. The van der Waals surface area contributed by atoms with E-state index in [1.54, 1.807) is 71.1 Å². The van der Waals surface area contributed by atoms with Gasteiger partial charge in [-0.15, -0.1) is 11.3 Å². The van der Waals surface area contributed by atoms with Crippen LogP contribution in [0.5, 0.6) is 5.75 Å². The molecule has 2 aromatic carbocycles. The smallest absolute Gasteiger partial charge is 0.255 e. The molecule has 2 aromatic heterocycles. The van der Waals surface area contributed by atoms with Crippen molar-refractivity contribution in [2.75, 3.05) is 5.32 Å². The molecule has 0 saturated carbocycles. The number of hydrogen-bond donors (Lipinski definition) is 1. The van der Waals surface area contributed by atoms with Gasteiger partial charge in [0.1, 0.15) is 18.0 Å². The molecule has 0 aliphatic heterocycles. The fourth-order valence-electron chi connectivity index (χ4n) is 2.61. The molecule has 0 spiro atoms. The number of nitrogens with zero attached hydrogens (tertiary/aromatic N) is 3. The molecular weight excluding hydrogens is 396 g/mol. The van der Waals surface area contributed by atoms with Gasteiger partial charge in [-0.05, 0) is 42.5 Å². The number of halogens is 1. The maximum Gasteiger partial charge on any atom is 0.255 e. The Morgan fingerprint density at radius 3 is 2.75 bits per heavy atom. The van der Waals surface area contributed by atoms with Gasteiger partial charge in [0.2, 0.25) is 0 Å². The number of benzene rings is 2. The highest BCUT2D eigenvalue weighted by molar-refractivity contribution is 7.07. The molecule has 0 fully saturated rings. The number of nitrogens with one attached hydrogen (secondary N) is 1. The molecule has 0 aliphatic carbocycles. The van der Waals surface area contributed by atoms with E-state index in [1.165, 1.54) is 11.3 Å². The molecular formula is C20H15ClN4O2S. The molecule has 4 rings (SSSR count). The zero-order chi connectivity index (χ0) is 19.3. The number of aromatic nitrogens is 3. The van der Waals surface area contributed by atoms with E-state index in [4.69, 9.17) is 16.3 Å². The Bertz CT molecular complexity index is 1060. The quantitative estimate of drug-likeness (QED) is 0.495. The van der Waals surface area contributed by atoms with Crippen molar-refractivity contribution < 1.29 is 9.53 Å². The minimum Gasteiger partial charge on any atom is -0.487 e. The van der Waals surface area contributed by atoms with E-state index in [-0.39, 0.29) is 5.91 Å². The summed E-state index contributed by atoms with van der Waals surface area (Å²) in [6, 6.07) is 14.0. The Hall–Kier alpha value is -3.16. The second kappa shape index (κ2) is 8.24. The van der Waals surface area contributed by atoms with Crippen LogP contribution in [-0.4, -0.2) is 20.7 Å². The van der Waals surface area contributed by atoms with Crippen LogP contribution in [0.3, 0.4) is 0 Å². The number of hydrogen-bond acceptors (Lipinski definition) is 5. The van der Waals surface area contributed by atoms with Gasteiger partial charge in [-0.25, -0.2) is 9.67 Å². The maximum absolute atomic E-state index is 12.7. The van der Waals surface area contributed by atoms with Crippen molar-refractivity contribution in [1.29, 1.82) is 0 Å². The Labute approximate surface area is 170 Å². The zero-order valence-electron chi connectivity index (χ0n) is 14.6. The van der Waals surface area contributed by atoms with Crippen molar-refractivity contribution in [2.45, 2.75) is 6.61 Å². The summed E-state index contributed by atoms with van der Waals surface area (Å²) < 4.78 is 7.29. The molecule has 8 heteroatoms. The number of rotatable bonds is 6. The van der Waals surface area contributed by atoms with Crippen LogP contribution in [0.2, 0.25) is 5.02 Å². The van der Waals surface area contributed by atoms with E-state index < -0.39 is 0 Å². The lowest BCUT2D eigenvalue weighted by atomic mass is 10.2. The van der Waals surface area contributed by atoms with Gasteiger partial charge < -0.3 is 10.1 Å². The highest BCUT2D eigenvalue weighted by atomic mass is 35.5. The molecule has 2 heterocycles. The van der Waals surface area contributed by atoms with E-state index >= 15 is 0 Å². The molecule has 4 aromatic rings. The summed E-state index contributed by atoms with van der Waals surface area (Å²) in [5.41, 5.74) is 4.33. The lowest BCUT2D eigenvalue weighted by molar-refractivity contribution is 0.102. The Balaban J connectivity index is 1.48. The molecule has 0 radical (unpaired) electrons. The minimum atomic E-state index is -0.248. The van der Waals surface area contributed by atoms with E-state index in [9.17, 15) is 4.79 Å². The third-order valence-electron chi connectivity index (χ3n) is 3.96. The number of carbonyl (C=O) groups excluding carboxylic acids is 1. The molecule has 1 N–H and O–H groups in total. The number of thiazole rings is 1. The predicted molar refractivity (Wildman–Crippen MR) is 109 cm³/mol. The summed E-state index contributed by atoms with van der Waals surface area (Å²) in [6.45, 7) is 0.394. The zero-order valence-corrected chi connectivity index (χ0v) is 16.2. The van der Waals surface area contributed by atoms with Gasteiger partial charge in [-0.3, -0.25) is 4.79 Å². The molecule has 1 amide bonds. The van der Waals surface area contributed by atoms with Crippen LogP contribution in [0.4, 0.5) is 5.69 Å². The second-order valence-electron chi connectivity index (χ2n) is 5.83. The molecule has 28 heavy (non-hydrogen) atoms. The van der Waals surface area contributed by atoms with Crippen LogP contribution in [0, 0.1) is 0 Å². The summed E-state index contributed by atoms with van der Waals surface area (Å²) in [7, 11) is 0. The van der Waals surface area contributed by atoms with Crippen LogP contribution in [0.1, 0.15) is 16.1 Å². The summed E-state index contributed by atoms with van der Waals surface area (Å²) in [5, 5.41) is 9.52. The van der Waals surface area contributed by atoms with Crippen molar-refractivity contribution in [3.8, 4) is 11.4 Å². The number of para-hydroxylation sites is 1. The van der Waals surface area contributed by atoms with Crippen LogP contribution in [0.15, 0.2) is 71.8 Å². The van der Waals surface area contributed by atoms with E-state index in [2.05, 4.69) is 15.4 Å². The van der Waals surface area contributed by atoms with Crippen molar-refractivity contribution in [2.24, 2.45) is 0 Å². The average molecular weight is 411 g/mol. The summed E-state index contributed by atoms with van der Waals surface area (Å²) >= 11 is 7.84. The minimum absolute atomic E-state index is 0.248. The Morgan fingerprint density at radius 1 is 1.18 bits per heavy atom. The van der Waals surface area contributed by atoms with Crippen molar-refractivity contribution in [1.82, 2.24) is 14.8 Å². The molecule has 6 nitrogen and oxygen atoms in total. The standard InChI is InChI=1S/C20H15ClN4O2S/c21-17-3-1-4-18(19(17)25-10-2-9-23-25)24-20(26)14-5-7-16(8-6-14)27-11-15-12-28-13-22-15/h1-10,12-13H,11H2,(H,24,26). The van der Waals surface area contributed by atoms with Gasteiger partial charge in [-0.2, -0.15) is 5.10 Å². The summed E-state index contributed by atoms with van der Waals surface area (Å²) in [5.74, 6) is 0.422. The summed E-state index contributed by atoms with van der Waals surface area (Å²) in [4.78, 5) is 16.8. The SMILES string of the molecule is O=C(Nc1cccc(Cl)c1-n1cccn1)c1ccc(OCc2cscn2)cc1. The first-order valence-electron chi connectivity index (χ1n) is 8.40. The normalized spacial score (nSPS) is 10.6. The molecule has 0 atom stereocenters. The van der Waals surface area contributed by atoms with Crippen LogP contribution in [-0.2, 0) is 6.61 Å². The second-order valence-corrected chi connectivity index (χ2v) is 6.96. The van der Waals surface area contributed by atoms with Crippen molar-refractivity contribution in [3.05, 3.63) is 88.1 Å². The van der Waals surface area contributed by atoms with Gasteiger partial charge in [0, 0.05) is 23.3 Å². The van der Waals surface area contributed by atoms with E-state index in [0.717, 1.165) is 5.69 Å². The first-order valence-corrected chi connectivity index (χ1v) is 9.72. The Kier molecular flexibility index (Phi) is 5.36. The van der Waals surface area contributed by atoms with Crippen molar-refractivity contribution >= 4 is 34.5 Å². The fraction of sp³-hybridized carbons (Fsp3) is 0.0500. The number of amides is 1. The van der Waals surface area contributed by atoms with Crippen LogP contribution < -0.4 is 10.1 Å². The molecule has 0 saturated heterocycles. The number of anilines is 1. The third kappa shape index (κ3) is 4.05. The van der Waals surface area contributed by atoms with Gasteiger partial charge >= 0.3 is 0 Å². The summed E-state index contributed by atoms with van der Waals surface area (Å²) in [6.07, 6.45) is 3.42. The molecule has 0 unspecified atom stereocenters. The largest absolute Gasteiger partial charge is 0.487 e. The molecule has 0 aliphatic rings. The highest BCUT2D eigenvalue weighted by Gasteiger charge is 2.13. The Morgan fingerprint density at radius 2 is 2.04 bits per heavy atom. The first-order chi connectivity index (χ1) is 13.7.